The molecule has 3 aliphatic rings. The van der Waals surface area contributed by atoms with Crippen LogP contribution in [0.3, 0.4) is 0 Å². The van der Waals surface area contributed by atoms with Crippen molar-refractivity contribution in [2.24, 2.45) is 10.9 Å². The first-order chi connectivity index (χ1) is 15.3. The zero-order chi connectivity index (χ0) is 20.8. The fourth-order valence-electron chi connectivity index (χ4n) is 5.69. The summed E-state index contributed by atoms with van der Waals surface area (Å²) < 4.78 is 2.40. The molecular weight excluding hydrogens is 384 g/mol. The Morgan fingerprint density at radius 3 is 2.77 bits per heavy atom. The van der Waals surface area contributed by atoms with Crippen molar-refractivity contribution < 1.29 is 5.11 Å². The van der Waals surface area contributed by atoms with Gasteiger partial charge in [-0.2, -0.15) is 0 Å². The highest BCUT2D eigenvalue weighted by atomic mass is 16.3. The van der Waals surface area contributed by atoms with Crippen molar-refractivity contribution in [1.82, 2.24) is 9.55 Å². The van der Waals surface area contributed by atoms with Crippen molar-refractivity contribution >= 4 is 28.6 Å². The van der Waals surface area contributed by atoms with Gasteiger partial charge in [-0.05, 0) is 54.7 Å². The number of aromatic nitrogens is 2. The summed E-state index contributed by atoms with van der Waals surface area (Å²) >= 11 is 0. The third-order valence-corrected chi connectivity index (χ3v) is 7.47. The summed E-state index contributed by atoms with van der Waals surface area (Å²) in [5, 5.41) is 9.56. The van der Waals surface area contributed by atoms with Gasteiger partial charge in [0.15, 0.2) is 0 Å². The van der Waals surface area contributed by atoms with Gasteiger partial charge in [-0.3, -0.25) is 4.99 Å². The van der Waals surface area contributed by atoms with Crippen LogP contribution in [-0.4, -0.2) is 40.6 Å². The first-order valence-electron chi connectivity index (χ1n) is 11.8. The van der Waals surface area contributed by atoms with Crippen LogP contribution < -0.4 is 4.90 Å². The monoisotopic (exact) mass is 414 g/mol. The Hall–Kier alpha value is -2.66. The summed E-state index contributed by atoms with van der Waals surface area (Å²) in [6.07, 6.45) is 12.6. The first-order valence-corrected chi connectivity index (χ1v) is 11.8. The maximum Gasteiger partial charge on any atom is 0.0960 e. The standard InChI is InChI=1S/C26H30N4O/c31-16-18-9-11-29(15-18)22-12-20-8-10-27-26(20)23(14-22)19-6-7-25-24(13-19)28-17-30(25)21-4-2-1-3-5-21/h6-7,10,12-14,17-18,21,31H,1-5,8-9,11,15-16H2/t18-/m0/s1. The molecule has 0 spiro atoms. The van der Waals surface area contributed by atoms with Gasteiger partial charge in [-0.15, -0.1) is 0 Å². The van der Waals surface area contributed by atoms with E-state index in [1.807, 2.05) is 12.5 Å². The van der Waals surface area contributed by atoms with Crippen molar-refractivity contribution in [3.8, 4) is 11.1 Å². The Balaban J connectivity index is 1.39. The van der Waals surface area contributed by atoms with Crippen LogP contribution >= 0.6 is 0 Å². The molecule has 1 saturated heterocycles. The number of aliphatic hydroxyl groups excluding tert-OH is 1. The number of hydrogen-bond donors (Lipinski definition) is 1. The fraction of sp³-hybridized carbons (Fsp3) is 0.462. The van der Waals surface area contributed by atoms with Gasteiger partial charge in [0.2, 0.25) is 0 Å². The number of aliphatic hydroxyl groups is 1. The Morgan fingerprint density at radius 2 is 1.94 bits per heavy atom. The normalized spacial score (nSPS) is 21.3. The van der Waals surface area contributed by atoms with E-state index in [9.17, 15) is 5.11 Å². The average molecular weight is 415 g/mol. The molecule has 0 radical (unpaired) electrons. The van der Waals surface area contributed by atoms with E-state index in [1.54, 1.807) is 0 Å². The Morgan fingerprint density at radius 1 is 1.03 bits per heavy atom. The van der Waals surface area contributed by atoms with Gasteiger partial charge in [0.1, 0.15) is 0 Å². The van der Waals surface area contributed by atoms with E-state index in [0.29, 0.717) is 12.0 Å². The van der Waals surface area contributed by atoms with Gasteiger partial charge in [-0.1, -0.05) is 25.3 Å². The van der Waals surface area contributed by atoms with E-state index < -0.39 is 0 Å². The molecular formula is C26H30N4O. The molecule has 2 aromatic carbocycles. The van der Waals surface area contributed by atoms with Crippen LogP contribution in [0.5, 0.6) is 0 Å². The van der Waals surface area contributed by atoms with Crippen molar-refractivity contribution in [3.63, 3.8) is 0 Å². The number of aliphatic imine (C=N–C) groups is 1. The molecule has 3 aromatic rings. The summed E-state index contributed by atoms with van der Waals surface area (Å²) in [5.74, 6) is 0.382. The van der Waals surface area contributed by atoms with Gasteiger partial charge in [0.25, 0.3) is 0 Å². The quantitative estimate of drug-likeness (QED) is 0.631. The van der Waals surface area contributed by atoms with Crippen molar-refractivity contribution in [2.75, 3.05) is 24.6 Å². The topological polar surface area (TPSA) is 53.6 Å². The number of hydrogen-bond acceptors (Lipinski definition) is 4. The summed E-state index contributed by atoms with van der Waals surface area (Å²) in [7, 11) is 0. The van der Waals surface area contributed by atoms with Crippen LogP contribution in [0.2, 0.25) is 0 Å². The van der Waals surface area contributed by atoms with Crippen LogP contribution in [0.1, 0.15) is 50.1 Å². The van der Waals surface area contributed by atoms with Gasteiger partial charge >= 0.3 is 0 Å². The second kappa shape index (κ2) is 7.79. The smallest absolute Gasteiger partial charge is 0.0960 e. The number of rotatable bonds is 4. The molecule has 1 aliphatic carbocycles. The van der Waals surface area contributed by atoms with Crippen LogP contribution in [0.4, 0.5) is 11.4 Å². The highest BCUT2D eigenvalue weighted by Gasteiger charge is 2.25. The zero-order valence-corrected chi connectivity index (χ0v) is 18.0. The molecule has 5 heteroatoms. The lowest BCUT2D eigenvalue weighted by atomic mass is 9.95. The molecule has 1 atom stereocenters. The second-order valence-corrected chi connectivity index (χ2v) is 9.45. The lowest BCUT2D eigenvalue weighted by Gasteiger charge is -2.23. The van der Waals surface area contributed by atoms with E-state index in [1.165, 1.54) is 60.0 Å². The van der Waals surface area contributed by atoms with Crippen LogP contribution in [0, 0.1) is 5.92 Å². The number of anilines is 1. The molecule has 6 rings (SSSR count). The van der Waals surface area contributed by atoms with E-state index in [-0.39, 0.29) is 6.61 Å². The summed E-state index contributed by atoms with van der Waals surface area (Å²) in [6, 6.07) is 11.9. The first kappa shape index (κ1) is 19.1. The maximum atomic E-state index is 9.56. The van der Waals surface area contributed by atoms with E-state index in [4.69, 9.17) is 9.98 Å². The van der Waals surface area contributed by atoms with E-state index >= 15 is 0 Å². The molecule has 5 nitrogen and oxygen atoms in total. The Labute approximate surface area is 183 Å². The highest BCUT2D eigenvalue weighted by Crippen LogP contribution is 2.41. The van der Waals surface area contributed by atoms with Gasteiger partial charge in [0.05, 0.1) is 23.0 Å². The summed E-state index contributed by atoms with van der Waals surface area (Å²) in [6.45, 7) is 2.22. The molecule has 0 unspecified atom stereocenters. The maximum absolute atomic E-state index is 9.56. The molecule has 0 bridgehead atoms. The Bertz CT molecular complexity index is 1140. The predicted molar refractivity (Wildman–Crippen MR) is 127 cm³/mol. The average Bonchev–Trinajstić information content (AvgIpc) is 3.57. The summed E-state index contributed by atoms with van der Waals surface area (Å²) in [5.41, 5.74) is 8.37. The number of imidazole rings is 1. The SMILES string of the molecule is OC[C@H]1CCN(c2cc3c(c(-c4ccc5c(c4)ncn5C4CCCCC4)c2)N=CC3)C1. The number of fused-ring (bicyclic) bond motifs is 2. The number of nitrogens with zero attached hydrogens (tertiary/aromatic N) is 4. The predicted octanol–water partition coefficient (Wildman–Crippen LogP) is 5.29. The molecule has 1 saturated carbocycles. The molecule has 3 heterocycles. The van der Waals surface area contributed by atoms with E-state index in [2.05, 4.69) is 39.8 Å². The van der Waals surface area contributed by atoms with Crippen LogP contribution in [0.15, 0.2) is 41.7 Å². The van der Waals surface area contributed by atoms with Crippen LogP contribution in [-0.2, 0) is 6.42 Å². The molecule has 2 fully saturated rings. The fourth-order valence-corrected chi connectivity index (χ4v) is 5.69. The van der Waals surface area contributed by atoms with Gasteiger partial charge in [0, 0.05) is 55.5 Å². The van der Waals surface area contributed by atoms with Crippen molar-refractivity contribution in [3.05, 3.63) is 42.2 Å². The highest BCUT2D eigenvalue weighted by molar-refractivity contribution is 5.92. The van der Waals surface area contributed by atoms with Crippen molar-refractivity contribution in [1.29, 1.82) is 0 Å². The lowest BCUT2D eigenvalue weighted by Crippen LogP contribution is -2.20. The molecule has 2 aliphatic heterocycles. The Kier molecular flexibility index (Phi) is 4.79. The van der Waals surface area contributed by atoms with Crippen molar-refractivity contribution in [2.45, 2.75) is 51.0 Å². The minimum Gasteiger partial charge on any atom is -0.396 e. The third kappa shape index (κ3) is 3.35. The lowest BCUT2D eigenvalue weighted by molar-refractivity contribution is 0.238. The molecule has 0 amide bonds. The van der Waals surface area contributed by atoms with Gasteiger partial charge < -0.3 is 14.6 Å². The second-order valence-electron chi connectivity index (χ2n) is 9.45. The molecule has 31 heavy (non-hydrogen) atoms. The van der Waals surface area contributed by atoms with Gasteiger partial charge in [-0.25, -0.2) is 4.98 Å². The number of benzene rings is 2. The van der Waals surface area contributed by atoms with E-state index in [0.717, 1.165) is 37.1 Å². The third-order valence-electron chi connectivity index (χ3n) is 7.47. The molecule has 1 aromatic heterocycles. The zero-order valence-electron chi connectivity index (χ0n) is 18.0. The largest absolute Gasteiger partial charge is 0.396 e. The molecule has 1 N–H and O–H groups in total. The minimum absolute atomic E-state index is 0.276. The summed E-state index contributed by atoms with van der Waals surface area (Å²) in [4.78, 5) is 11.9. The minimum atomic E-state index is 0.276. The van der Waals surface area contributed by atoms with Crippen LogP contribution in [0.25, 0.3) is 22.2 Å². The molecule has 160 valence electrons.